The van der Waals surface area contributed by atoms with Gasteiger partial charge in [-0.25, -0.2) is 4.39 Å². The molecule has 15 heavy (non-hydrogen) atoms. The van der Waals surface area contributed by atoms with Gasteiger partial charge in [0.2, 0.25) is 0 Å². The minimum absolute atomic E-state index is 0.0532. The molecule has 1 unspecified atom stereocenters. The summed E-state index contributed by atoms with van der Waals surface area (Å²) >= 11 is 3.27. The third kappa shape index (κ3) is 2.38. The molecule has 1 aliphatic rings. The summed E-state index contributed by atoms with van der Waals surface area (Å²) in [5.41, 5.74) is 1.81. The Labute approximate surface area is 96.9 Å². The lowest BCUT2D eigenvalue weighted by Gasteiger charge is -2.25. The largest absolute Gasteiger partial charge is 0.371 e. The number of morpholine rings is 1. The zero-order chi connectivity index (χ0) is 10.8. The van der Waals surface area contributed by atoms with Crippen molar-refractivity contribution in [1.82, 2.24) is 5.32 Å². The van der Waals surface area contributed by atoms with Gasteiger partial charge >= 0.3 is 0 Å². The van der Waals surface area contributed by atoms with Crippen molar-refractivity contribution in [3.05, 3.63) is 33.5 Å². The highest BCUT2D eigenvalue weighted by Gasteiger charge is 2.20. The highest BCUT2D eigenvalue weighted by atomic mass is 79.9. The smallest absolute Gasteiger partial charge is 0.138 e. The lowest BCUT2D eigenvalue weighted by Crippen LogP contribution is -2.33. The average molecular weight is 274 g/mol. The number of ether oxygens (including phenoxy) is 1. The fraction of sp³-hybridized carbons (Fsp3) is 0.455. The van der Waals surface area contributed by atoms with Gasteiger partial charge in [0.15, 0.2) is 0 Å². The number of rotatable bonds is 1. The normalized spacial score (nSPS) is 21.7. The van der Waals surface area contributed by atoms with Gasteiger partial charge in [0.1, 0.15) is 5.82 Å². The first kappa shape index (κ1) is 11.0. The molecule has 1 N–H and O–H groups in total. The molecule has 0 bridgehead atoms. The molecular formula is C11H13BrFNO. The molecule has 0 aromatic heterocycles. The van der Waals surface area contributed by atoms with E-state index >= 15 is 0 Å². The maximum atomic E-state index is 13.5. The third-order valence-corrected chi connectivity index (χ3v) is 3.31. The van der Waals surface area contributed by atoms with Crippen LogP contribution >= 0.6 is 15.9 Å². The van der Waals surface area contributed by atoms with Crippen molar-refractivity contribution in [2.24, 2.45) is 0 Å². The molecule has 4 heteroatoms. The summed E-state index contributed by atoms with van der Waals surface area (Å²) in [6.07, 6.45) is -0.0532. The first-order valence-corrected chi connectivity index (χ1v) is 5.75. The van der Waals surface area contributed by atoms with Crippen LogP contribution in [0.2, 0.25) is 0 Å². The summed E-state index contributed by atoms with van der Waals surface area (Å²) in [6.45, 7) is 4.16. The van der Waals surface area contributed by atoms with Crippen LogP contribution in [0.25, 0.3) is 0 Å². The molecule has 1 heterocycles. The molecule has 2 nitrogen and oxygen atoms in total. The quantitative estimate of drug-likeness (QED) is 0.849. The molecule has 0 spiro atoms. The summed E-state index contributed by atoms with van der Waals surface area (Å²) in [6, 6.07) is 3.48. The van der Waals surface area contributed by atoms with Crippen LogP contribution in [0.3, 0.4) is 0 Å². The first-order chi connectivity index (χ1) is 7.18. The lowest BCUT2D eigenvalue weighted by molar-refractivity contribution is 0.0270. The van der Waals surface area contributed by atoms with Gasteiger partial charge in [-0.05, 0) is 40.0 Å². The summed E-state index contributed by atoms with van der Waals surface area (Å²) in [4.78, 5) is 0. The molecule has 1 aliphatic heterocycles. The number of nitrogens with one attached hydrogen (secondary N) is 1. The Morgan fingerprint density at radius 3 is 3.00 bits per heavy atom. The second kappa shape index (κ2) is 4.60. The van der Waals surface area contributed by atoms with E-state index in [-0.39, 0.29) is 11.9 Å². The maximum absolute atomic E-state index is 13.5. The highest BCUT2D eigenvalue weighted by molar-refractivity contribution is 9.10. The van der Waals surface area contributed by atoms with E-state index in [0.717, 1.165) is 24.2 Å². The Kier molecular flexibility index (Phi) is 3.38. The Morgan fingerprint density at radius 2 is 2.33 bits per heavy atom. The number of aryl methyl sites for hydroxylation is 1. The van der Waals surface area contributed by atoms with E-state index in [2.05, 4.69) is 21.2 Å². The van der Waals surface area contributed by atoms with Gasteiger partial charge in [0.25, 0.3) is 0 Å². The summed E-state index contributed by atoms with van der Waals surface area (Å²) in [5.74, 6) is -0.223. The van der Waals surface area contributed by atoms with Gasteiger partial charge in [0.05, 0.1) is 17.2 Å². The van der Waals surface area contributed by atoms with E-state index in [1.54, 1.807) is 0 Å². The van der Waals surface area contributed by atoms with Gasteiger partial charge < -0.3 is 10.1 Å². The van der Waals surface area contributed by atoms with Crippen LogP contribution in [0.1, 0.15) is 17.2 Å². The van der Waals surface area contributed by atoms with Crippen LogP contribution in [-0.2, 0) is 4.74 Å². The lowest BCUT2D eigenvalue weighted by atomic mass is 10.1. The first-order valence-electron chi connectivity index (χ1n) is 4.96. The maximum Gasteiger partial charge on any atom is 0.138 e. The van der Waals surface area contributed by atoms with Crippen molar-refractivity contribution in [2.75, 3.05) is 19.7 Å². The molecule has 2 rings (SSSR count). The van der Waals surface area contributed by atoms with Crippen LogP contribution in [0.15, 0.2) is 16.6 Å². The minimum Gasteiger partial charge on any atom is -0.371 e. The predicted octanol–water partition coefficient (Wildman–Crippen LogP) is 2.56. The summed E-state index contributed by atoms with van der Waals surface area (Å²) in [7, 11) is 0. The SMILES string of the molecule is Cc1cc(F)c(Br)c(C2CNCCO2)c1. The number of halogens is 2. The minimum atomic E-state index is -0.223. The Hall–Kier alpha value is -0.450. The highest BCUT2D eigenvalue weighted by Crippen LogP contribution is 2.30. The van der Waals surface area contributed by atoms with Crippen molar-refractivity contribution in [2.45, 2.75) is 13.0 Å². The van der Waals surface area contributed by atoms with E-state index in [4.69, 9.17) is 4.74 Å². The molecule has 0 saturated carbocycles. The molecule has 0 amide bonds. The Bertz CT molecular complexity index is 364. The second-order valence-corrected chi connectivity index (χ2v) is 4.51. The van der Waals surface area contributed by atoms with E-state index in [1.165, 1.54) is 6.07 Å². The number of benzene rings is 1. The van der Waals surface area contributed by atoms with Crippen molar-refractivity contribution in [1.29, 1.82) is 0 Å². The van der Waals surface area contributed by atoms with Crippen LogP contribution in [-0.4, -0.2) is 19.7 Å². The molecule has 1 aromatic rings. The Balaban J connectivity index is 2.33. The predicted molar refractivity (Wildman–Crippen MR) is 60.4 cm³/mol. The third-order valence-electron chi connectivity index (χ3n) is 2.48. The van der Waals surface area contributed by atoms with E-state index in [1.807, 2.05) is 13.0 Å². The molecule has 82 valence electrons. The zero-order valence-electron chi connectivity index (χ0n) is 8.52. The van der Waals surface area contributed by atoms with Crippen LogP contribution in [0.5, 0.6) is 0 Å². The average Bonchev–Trinajstić information content (AvgIpc) is 2.24. The van der Waals surface area contributed by atoms with Crippen molar-refractivity contribution in [3.8, 4) is 0 Å². The fourth-order valence-corrected chi connectivity index (χ4v) is 2.24. The van der Waals surface area contributed by atoms with Gasteiger partial charge in [0, 0.05) is 13.1 Å². The monoisotopic (exact) mass is 273 g/mol. The fourth-order valence-electron chi connectivity index (χ4n) is 1.75. The van der Waals surface area contributed by atoms with Crippen molar-refractivity contribution >= 4 is 15.9 Å². The van der Waals surface area contributed by atoms with Gasteiger partial charge in [-0.3, -0.25) is 0 Å². The molecule has 1 aromatic carbocycles. The summed E-state index contributed by atoms with van der Waals surface area (Å²) in [5, 5.41) is 3.23. The van der Waals surface area contributed by atoms with Crippen LogP contribution in [0.4, 0.5) is 4.39 Å². The molecule has 0 aliphatic carbocycles. The molecular weight excluding hydrogens is 261 g/mol. The van der Waals surface area contributed by atoms with E-state index in [0.29, 0.717) is 11.1 Å². The number of hydrogen-bond donors (Lipinski definition) is 1. The molecule has 0 radical (unpaired) electrons. The van der Waals surface area contributed by atoms with Crippen molar-refractivity contribution in [3.63, 3.8) is 0 Å². The van der Waals surface area contributed by atoms with Crippen molar-refractivity contribution < 1.29 is 9.13 Å². The van der Waals surface area contributed by atoms with Crippen LogP contribution < -0.4 is 5.32 Å². The topological polar surface area (TPSA) is 21.3 Å². The van der Waals surface area contributed by atoms with E-state index < -0.39 is 0 Å². The summed E-state index contributed by atoms with van der Waals surface area (Å²) < 4.78 is 19.6. The number of hydrogen-bond acceptors (Lipinski definition) is 2. The van der Waals surface area contributed by atoms with Gasteiger partial charge in [-0.2, -0.15) is 0 Å². The second-order valence-electron chi connectivity index (χ2n) is 3.71. The van der Waals surface area contributed by atoms with Gasteiger partial charge in [-0.1, -0.05) is 6.07 Å². The Morgan fingerprint density at radius 1 is 1.53 bits per heavy atom. The standard InChI is InChI=1S/C11H13BrFNO/c1-7-4-8(11(12)9(13)5-7)10-6-14-2-3-15-10/h4-5,10,14H,2-3,6H2,1H3. The van der Waals surface area contributed by atoms with E-state index in [9.17, 15) is 4.39 Å². The molecule has 1 fully saturated rings. The zero-order valence-corrected chi connectivity index (χ0v) is 10.1. The molecule has 1 atom stereocenters. The molecule has 1 saturated heterocycles. The van der Waals surface area contributed by atoms with Crippen LogP contribution in [0, 0.1) is 12.7 Å². The van der Waals surface area contributed by atoms with Gasteiger partial charge in [-0.15, -0.1) is 0 Å².